The summed E-state index contributed by atoms with van der Waals surface area (Å²) in [5.74, 6) is 0.865. The van der Waals surface area contributed by atoms with Gasteiger partial charge in [0, 0.05) is 30.3 Å². The molecule has 102 valence electrons. The number of hydrogen-bond acceptors (Lipinski definition) is 3. The molecule has 0 saturated heterocycles. The second kappa shape index (κ2) is 8.35. The van der Waals surface area contributed by atoms with Gasteiger partial charge in [0.2, 0.25) is 0 Å². The summed E-state index contributed by atoms with van der Waals surface area (Å²) in [6.07, 6.45) is 0.966. The van der Waals surface area contributed by atoms with Crippen molar-refractivity contribution < 1.29 is 9.84 Å². The van der Waals surface area contributed by atoms with E-state index in [0.29, 0.717) is 17.5 Å². The van der Waals surface area contributed by atoms with Gasteiger partial charge in [-0.1, -0.05) is 25.4 Å². The first-order valence-corrected chi connectivity index (χ1v) is 6.73. The Kier molecular flexibility index (Phi) is 7.09. The molecule has 0 aliphatic carbocycles. The zero-order valence-electron chi connectivity index (χ0n) is 11.1. The molecule has 0 atom stereocenters. The van der Waals surface area contributed by atoms with Crippen molar-refractivity contribution in [3.63, 3.8) is 0 Å². The highest BCUT2D eigenvalue weighted by Gasteiger charge is 2.01. The number of benzene rings is 1. The number of halogens is 1. The maximum Gasteiger partial charge on any atom is 0.120 e. The summed E-state index contributed by atoms with van der Waals surface area (Å²) in [5.41, 5.74) is 0.825. The largest absolute Gasteiger partial charge is 0.508 e. The van der Waals surface area contributed by atoms with Crippen LogP contribution in [0.2, 0.25) is 5.02 Å². The molecule has 2 N–H and O–H groups in total. The van der Waals surface area contributed by atoms with Crippen LogP contribution >= 0.6 is 11.6 Å². The van der Waals surface area contributed by atoms with Gasteiger partial charge in [0.1, 0.15) is 5.75 Å². The predicted molar refractivity (Wildman–Crippen MR) is 75.1 cm³/mol. The van der Waals surface area contributed by atoms with Gasteiger partial charge in [0.15, 0.2) is 0 Å². The van der Waals surface area contributed by atoms with E-state index in [9.17, 15) is 5.11 Å². The average Bonchev–Trinajstić information content (AvgIpc) is 2.32. The molecule has 4 heteroatoms. The number of nitrogens with one attached hydrogen (secondary N) is 1. The molecule has 1 rings (SSSR count). The Hall–Kier alpha value is -0.770. The van der Waals surface area contributed by atoms with Crippen LogP contribution in [0.25, 0.3) is 0 Å². The van der Waals surface area contributed by atoms with E-state index in [1.807, 2.05) is 0 Å². The summed E-state index contributed by atoms with van der Waals surface area (Å²) < 4.78 is 5.48. The van der Waals surface area contributed by atoms with Gasteiger partial charge >= 0.3 is 0 Å². The van der Waals surface area contributed by atoms with Crippen molar-refractivity contribution >= 4 is 11.6 Å². The smallest absolute Gasteiger partial charge is 0.120 e. The van der Waals surface area contributed by atoms with Crippen LogP contribution in [-0.2, 0) is 11.3 Å². The lowest BCUT2D eigenvalue weighted by Crippen LogP contribution is -2.17. The Morgan fingerprint density at radius 3 is 2.89 bits per heavy atom. The molecule has 0 unspecified atom stereocenters. The highest BCUT2D eigenvalue weighted by molar-refractivity contribution is 6.30. The van der Waals surface area contributed by atoms with Crippen LogP contribution in [0.3, 0.4) is 0 Å². The summed E-state index contributed by atoms with van der Waals surface area (Å²) in [6.45, 7) is 7.35. The number of ether oxygens (including phenoxy) is 1. The summed E-state index contributed by atoms with van der Waals surface area (Å²) in [7, 11) is 0. The van der Waals surface area contributed by atoms with Gasteiger partial charge in [-0.25, -0.2) is 0 Å². The third-order valence-electron chi connectivity index (χ3n) is 2.45. The van der Waals surface area contributed by atoms with Gasteiger partial charge in [-0.2, -0.15) is 0 Å². The first kappa shape index (κ1) is 15.3. The van der Waals surface area contributed by atoms with E-state index in [1.54, 1.807) is 18.2 Å². The van der Waals surface area contributed by atoms with Crippen molar-refractivity contribution in [1.82, 2.24) is 5.32 Å². The lowest BCUT2D eigenvalue weighted by molar-refractivity contribution is 0.108. The highest BCUT2D eigenvalue weighted by Crippen LogP contribution is 2.20. The Morgan fingerprint density at radius 1 is 1.39 bits per heavy atom. The van der Waals surface area contributed by atoms with Gasteiger partial charge in [-0.05, 0) is 37.1 Å². The molecule has 1 aromatic carbocycles. The van der Waals surface area contributed by atoms with Crippen LogP contribution in [0.4, 0.5) is 0 Å². The summed E-state index contributed by atoms with van der Waals surface area (Å²) >= 11 is 5.87. The molecule has 3 nitrogen and oxygen atoms in total. The standard InChI is InChI=1S/C14H22ClNO2/c1-11(2)10-18-7-3-6-16-9-12-8-13(15)4-5-14(12)17/h4-5,8,11,16-17H,3,6-7,9-10H2,1-2H3. The van der Waals surface area contributed by atoms with Crippen LogP contribution in [0.5, 0.6) is 5.75 Å². The Labute approximate surface area is 114 Å². The Bertz CT molecular complexity index is 356. The average molecular weight is 272 g/mol. The molecule has 18 heavy (non-hydrogen) atoms. The molecule has 0 saturated carbocycles. The van der Waals surface area contributed by atoms with E-state index in [1.165, 1.54) is 0 Å². The van der Waals surface area contributed by atoms with E-state index >= 15 is 0 Å². The van der Waals surface area contributed by atoms with Gasteiger partial charge in [0.05, 0.1) is 0 Å². The lowest BCUT2D eigenvalue weighted by atomic mass is 10.2. The molecular formula is C14H22ClNO2. The summed E-state index contributed by atoms with van der Waals surface area (Å²) in [6, 6.07) is 5.07. The maximum absolute atomic E-state index is 9.61. The number of phenolic OH excluding ortho intramolecular Hbond substituents is 1. The quantitative estimate of drug-likeness (QED) is 0.714. The van der Waals surface area contributed by atoms with Crippen molar-refractivity contribution in [2.75, 3.05) is 19.8 Å². The third-order valence-corrected chi connectivity index (χ3v) is 2.69. The van der Waals surface area contributed by atoms with Crippen molar-refractivity contribution in [1.29, 1.82) is 0 Å². The van der Waals surface area contributed by atoms with Gasteiger partial charge in [-0.3, -0.25) is 0 Å². The number of aromatic hydroxyl groups is 1. The van der Waals surface area contributed by atoms with Gasteiger partial charge in [-0.15, -0.1) is 0 Å². The normalized spacial score (nSPS) is 11.1. The maximum atomic E-state index is 9.61. The van der Waals surface area contributed by atoms with E-state index in [-0.39, 0.29) is 5.75 Å². The van der Waals surface area contributed by atoms with Crippen LogP contribution in [-0.4, -0.2) is 24.9 Å². The Morgan fingerprint density at radius 2 is 2.17 bits per heavy atom. The zero-order valence-corrected chi connectivity index (χ0v) is 11.8. The van der Waals surface area contributed by atoms with Crippen molar-refractivity contribution in [3.8, 4) is 5.75 Å². The molecule has 0 radical (unpaired) electrons. The zero-order chi connectivity index (χ0) is 13.4. The summed E-state index contributed by atoms with van der Waals surface area (Å²) in [4.78, 5) is 0. The minimum atomic E-state index is 0.281. The molecule has 0 heterocycles. The fraction of sp³-hybridized carbons (Fsp3) is 0.571. The molecule has 0 aliphatic heterocycles. The second-order valence-electron chi connectivity index (χ2n) is 4.77. The lowest BCUT2D eigenvalue weighted by Gasteiger charge is -2.09. The molecule has 0 spiro atoms. The number of hydrogen-bond donors (Lipinski definition) is 2. The van der Waals surface area contributed by atoms with Crippen LogP contribution in [0.1, 0.15) is 25.8 Å². The van der Waals surface area contributed by atoms with E-state index in [4.69, 9.17) is 16.3 Å². The molecule has 0 bridgehead atoms. The fourth-order valence-corrected chi connectivity index (χ4v) is 1.73. The SMILES string of the molecule is CC(C)COCCCNCc1cc(Cl)ccc1O. The molecule has 0 fully saturated rings. The monoisotopic (exact) mass is 271 g/mol. The predicted octanol–water partition coefficient (Wildman–Crippen LogP) is 3.20. The summed E-state index contributed by atoms with van der Waals surface area (Å²) in [5, 5.41) is 13.5. The third kappa shape index (κ3) is 6.24. The number of phenols is 1. The van der Waals surface area contributed by atoms with Gasteiger partial charge < -0.3 is 15.2 Å². The van der Waals surface area contributed by atoms with Crippen molar-refractivity contribution in [2.24, 2.45) is 5.92 Å². The molecule has 1 aromatic rings. The minimum Gasteiger partial charge on any atom is -0.508 e. The van der Waals surface area contributed by atoms with Crippen molar-refractivity contribution in [3.05, 3.63) is 28.8 Å². The first-order chi connectivity index (χ1) is 8.59. The van der Waals surface area contributed by atoms with Crippen LogP contribution in [0, 0.1) is 5.92 Å². The second-order valence-corrected chi connectivity index (χ2v) is 5.21. The first-order valence-electron chi connectivity index (χ1n) is 6.35. The Balaban J connectivity index is 2.12. The van der Waals surface area contributed by atoms with E-state index in [2.05, 4.69) is 19.2 Å². The minimum absolute atomic E-state index is 0.281. The van der Waals surface area contributed by atoms with E-state index in [0.717, 1.165) is 31.7 Å². The topological polar surface area (TPSA) is 41.5 Å². The van der Waals surface area contributed by atoms with E-state index < -0.39 is 0 Å². The molecule has 0 aliphatic rings. The number of rotatable bonds is 8. The molecule has 0 amide bonds. The van der Waals surface area contributed by atoms with Crippen LogP contribution in [0.15, 0.2) is 18.2 Å². The molecule has 0 aromatic heterocycles. The molecular weight excluding hydrogens is 250 g/mol. The van der Waals surface area contributed by atoms with Crippen molar-refractivity contribution in [2.45, 2.75) is 26.8 Å². The van der Waals surface area contributed by atoms with Crippen LogP contribution < -0.4 is 5.32 Å². The fourth-order valence-electron chi connectivity index (χ4n) is 1.54. The highest BCUT2D eigenvalue weighted by atomic mass is 35.5. The van der Waals surface area contributed by atoms with Gasteiger partial charge in [0.25, 0.3) is 0 Å².